The number of carbonyl (C=O) groups excluding carboxylic acids is 1. The number of anilines is 2. The lowest BCUT2D eigenvalue weighted by Gasteiger charge is -2.34. The van der Waals surface area contributed by atoms with Crippen LogP contribution in [0.15, 0.2) is 34.4 Å². The lowest BCUT2D eigenvalue weighted by molar-refractivity contribution is -0.112. The summed E-state index contributed by atoms with van der Waals surface area (Å²) < 4.78 is 0. The van der Waals surface area contributed by atoms with E-state index in [9.17, 15) is 9.90 Å². The Morgan fingerprint density at radius 3 is 2.59 bits per heavy atom. The Morgan fingerprint density at radius 1 is 1.16 bits per heavy atom. The van der Waals surface area contributed by atoms with Crippen molar-refractivity contribution in [2.75, 3.05) is 23.3 Å². The zero-order chi connectivity index (χ0) is 21.4. The molecule has 1 saturated carbocycles. The molecule has 1 aromatic rings. The lowest BCUT2D eigenvalue weighted by Crippen LogP contribution is -2.37. The van der Waals surface area contributed by atoms with Crippen LogP contribution in [0.25, 0.3) is 0 Å². The van der Waals surface area contributed by atoms with Crippen molar-refractivity contribution in [3.63, 3.8) is 0 Å². The number of fused-ring (bicyclic) bond motifs is 1. The number of carbonyl (C=O) groups is 1. The maximum absolute atomic E-state index is 12.9. The number of aliphatic hydroxyl groups excluding tert-OH is 1. The van der Waals surface area contributed by atoms with Gasteiger partial charge in [0.15, 0.2) is 0 Å². The van der Waals surface area contributed by atoms with E-state index in [0.717, 1.165) is 42.4 Å². The summed E-state index contributed by atoms with van der Waals surface area (Å²) in [4.78, 5) is 20.4. The van der Waals surface area contributed by atoms with E-state index in [1.165, 1.54) is 32.1 Å². The van der Waals surface area contributed by atoms with Gasteiger partial charge in [0.05, 0.1) is 28.8 Å². The minimum atomic E-state index is -0.200. The smallest absolute Gasteiger partial charge is 0.261 e. The maximum atomic E-state index is 12.9. The second kappa shape index (κ2) is 9.80. The normalized spacial score (nSPS) is 26.3. The minimum absolute atomic E-state index is 0. The van der Waals surface area contributed by atoms with Gasteiger partial charge in [0, 0.05) is 24.8 Å². The molecule has 1 amide bonds. The molecule has 0 radical (unpaired) electrons. The first-order chi connectivity index (χ1) is 15.1. The number of hydrogen-bond acceptors (Lipinski definition) is 7. The molecule has 4 heterocycles. The third kappa shape index (κ3) is 4.65. The molecule has 32 heavy (non-hydrogen) atoms. The zero-order valence-electron chi connectivity index (χ0n) is 18.5. The van der Waals surface area contributed by atoms with Crippen LogP contribution in [-0.2, 0) is 4.79 Å². The summed E-state index contributed by atoms with van der Waals surface area (Å²) in [5.41, 5.74) is 1.82. The van der Waals surface area contributed by atoms with Crippen LogP contribution in [0.1, 0.15) is 51.9 Å². The van der Waals surface area contributed by atoms with Crippen LogP contribution < -0.4 is 10.2 Å². The van der Waals surface area contributed by atoms with Gasteiger partial charge in [-0.25, -0.2) is 4.98 Å². The van der Waals surface area contributed by atoms with Crippen LogP contribution >= 0.6 is 11.8 Å². The molecule has 174 valence electrons. The number of rotatable bonds is 4. The van der Waals surface area contributed by atoms with E-state index in [1.807, 2.05) is 12.1 Å². The highest BCUT2D eigenvalue weighted by atomic mass is 32.2. The summed E-state index contributed by atoms with van der Waals surface area (Å²) >= 11 is 1.65. The van der Waals surface area contributed by atoms with Gasteiger partial charge in [-0.3, -0.25) is 9.80 Å². The summed E-state index contributed by atoms with van der Waals surface area (Å²) in [7, 11) is 0. The quantitative estimate of drug-likeness (QED) is 0.716. The molecule has 4 aliphatic rings. The van der Waals surface area contributed by atoms with Crippen molar-refractivity contribution >= 4 is 34.9 Å². The van der Waals surface area contributed by atoms with Crippen LogP contribution in [0.5, 0.6) is 0 Å². The number of thioether (sulfide) groups is 1. The monoisotopic (exact) mass is 459 g/mol. The van der Waals surface area contributed by atoms with Gasteiger partial charge in [0.25, 0.3) is 5.91 Å². The summed E-state index contributed by atoms with van der Waals surface area (Å²) in [6, 6.07) is 4.36. The Balaban J connectivity index is 0.00000245. The fraction of sp³-hybridized carbons (Fsp3) is 0.609. The van der Waals surface area contributed by atoms with Gasteiger partial charge >= 0.3 is 0 Å². The van der Waals surface area contributed by atoms with Crippen molar-refractivity contribution < 1.29 is 15.4 Å². The first-order valence-corrected chi connectivity index (χ1v) is 12.4. The predicted molar refractivity (Wildman–Crippen MR) is 129 cm³/mol. The molecular weight excluding hydrogens is 426 g/mol. The number of hydrogen-bond donors (Lipinski definition) is 2. The molecular formula is C23H33N5O3S. The summed E-state index contributed by atoms with van der Waals surface area (Å²) in [5.74, 6) is 1.05. The van der Waals surface area contributed by atoms with Crippen molar-refractivity contribution in [1.82, 2.24) is 9.99 Å². The van der Waals surface area contributed by atoms with E-state index < -0.39 is 0 Å². The molecule has 9 heteroatoms. The van der Waals surface area contributed by atoms with Gasteiger partial charge in [-0.2, -0.15) is 5.10 Å². The second-order valence-corrected chi connectivity index (χ2v) is 10.2. The van der Waals surface area contributed by atoms with Gasteiger partial charge in [0.1, 0.15) is 11.2 Å². The number of amides is 1. The zero-order valence-corrected chi connectivity index (χ0v) is 19.4. The number of hydrazone groups is 1. The fourth-order valence-corrected chi connectivity index (χ4v) is 6.43. The molecule has 2 atom stereocenters. The van der Waals surface area contributed by atoms with Crippen molar-refractivity contribution in [1.29, 1.82) is 0 Å². The van der Waals surface area contributed by atoms with Crippen LogP contribution in [0.3, 0.4) is 0 Å². The average molecular weight is 460 g/mol. The van der Waals surface area contributed by atoms with Gasteiger partial charge in [-0.05, 0) is 44.7 Å². The minimum Gasteiger partial charge on any atom is -0.412 e. The van der Waals surface area contributed by atoms with Crippen LogP contribution in [-0.4, -0.2) is 62.8 Å². The topological polar surface area (TPSA) is 113 Å². The first-order valence-electron chi connectivity index (χ1n) is 11.5. The van der Waals surface area contributed by atoms with Crippen molar-refractivity contribution in [3.8, 4) is 0 Å². The molecule has 8 nitrogen and oxygen atoms in total. The molecule has 1 aliphatic carbocycles. The summed E-state index contributed by atoms with van der Waals surface area (Å²) in [5, 5.41) is 20.0. The Hall–Kier alpha value is -2.10. The predicted octanol–water partition coefficient (Wildman–Crippen LogP) is 2.75. The van der Waals surface area contributed by atoms with E-state index in [0.29, 0.717) is 11.7 Å². The average Bonchev–Trinajstić information content (AvgIpc) is 3.36. The number of pyridine rings is 1. The largest absolute Gasteiger partial charge is 0.412 e. The SMILES string of the molecule is CC1=NN(C2CCCCC2)C2SC(C(=O)Nc3ccc(N4CCC(O)CC4)nc3)=CC12.O. The second-order valence-electron chi connectivity index (χ2n) is 9.06. The van der Waals surface area contributed by atoms with Crippen LogP contribution in [0.2, 0.25) is 0 Å². The number of piperidine rings is 1. The van der Waals surface area contributed by atoms with E-state index in [-0.39, 0.29) is 28.8 Å². The van der Waals surface area contributed by atoms with Crippen molar-refractivity contribution in [3.05, 3.63) is 29.3 Å². The highest BCUT2D eigenvalue weighted by molar-refractivity contribution is 8.04. The number of aliphatic hydroxyl groups is 1. The third-order valence-corrected chi connectivity index (χ3v) is 8.20. The Kier molecular flexibility index (Phi) is 7.07. The fourth-order valence-electron chi connectivity index (χ4n) is 5.04. The van der Waals surface area contributed by atoms with Crippen LogP contribution in [0, 0.1) is 5.92 Å². The van der Waals surface area contributed by atoms with Crippen molar-refractivity contribution in [2.24, 2.45) is 11.0 Å². The van der Waals surface area contributed by atoms with Crippen molar-refractivity contribution in [2.45, 2.75) is 69.4 Å². The Morgan fingerprint density at radius 2 is 1.91 bits per heavy atom. The standard InChI is InChI=1S/C23H31N5O2S.H2O/c1-15-19-13-20(31-23(19)28(26-15)17-5-3-2-4-6-17)22(30)25-16-7-8-21(24-14-16)27-11-9-18(29)10-12-27;/h7-8,13-14,17-19,23,29H,2-6,9-12H2,1H3,(H,25,30);1H2. The molecule has 1 aromatic heterocycles. The highest BCUT2D eigenvalue weighted by Crippen LogP contribution is 2.45. The molecule has 3 aliphatic heterocycles. The molecule has 0 aromatic carbocycles. The summed E-state index contributed by atoms with van der Waals surface area (Å²) in [6.45, 7) is 3.70. The number of nitrogens with zero attached hydrogens (tertiary/aromatic N) is 4. The van der Waals surface area contributed by atoms with E-state index >= 15 is 0 Å². The number of nitrogens with one attached hydrogen (secondary N) is 1. The van der Waals surface area contributed by atoms with E-state index in [1.54, 1.807) is 18.0 Å². The molecule has 4 N–H and O–H groups in total. The van der Waals surface area contributed by atoms with Gasteiger partial charge in [-0.15, -0.1) is 0 Å². The molecule has 2 unspecified atom stereocenters. The van der Waals surface area contributed by atoms with Gasteiger partial charge in [0.2, 0.25) is 0 Å². The molecule has 5 rings (SSSR count). The maximum Gasteiger partial charge on any atom is 0.261 e. The van der Waals surface area contributed by atoms with E-state index in [2.05, 4.69) is 33.2 Å². The van der Waals surface area contributed by atoms with Crippen LogP contribution in [0.4, 0.5) is 11.5 Å². The Labute approximate surface area is 193 Å². The highest BCUT2D eigenvalue weighted by Gasteiger charge is 2.43. The summed E-state index contributed by atoms with van der Waals surface area (Å²) in [6.07, 6.45) is 11.4. The molecule has 2 fully saturated rings. The van der Waals surface area contributed by atoms with E-state index in [4.69, 9.17) is 5.10 Å². The lowest BCUT2D eigenvalue weighted by atomic mass is 9.94. The first kappa shape index (κ1) is 23.1. The van der Waals surface area contributed by atoms with Gasteiger partial charge < -0.3 is 20.8 Å². The molecule has 0 spiro atoms. The number of aromatic nitrogens is 1. The third-order valence-electron chi connectivity index (χ3n) is 6.87. The Bertz CT molecular complexity index is 876. The van der Waals surface area contributed by atoms with Gasteiger partial charge in [-0.1, -0.05) is 37.1 Å². The molecule has 0 bridgehead atoms. The molecule has 1 saturated heterocycles.